The lowest BCUT2D eigenvalue weighted by atomic mass is 9.81. The van der Waals surface area contributed by atoms with Crippen LogP contribution in [0.3, 0.4) is 0 Å². The molecule has 210 valence electrons. The number of rotatable bonds is 6. The number of nitrogens with zero attached hydrogens (tertiary/aromatic N) is 2. The van der Waals surface area contributed by atoms with Crippen LogP contribution in [-0.4, -0.2) is 93.2 Å². The largest absolute Gasteiger partial charge is 0.379 e. The Morgan fingerprint density at radius 3 is 2.38 bits per heavy atom. The van der Waals surface area contributed by atoms with E-state index in [-0.39, 0.29) is 56.0 Å². The lowest BCUT2D eigenvalue weighted by Gasteiger charge is -2.39. The van der Waals surface area contributed by atoms with Gasteiger partial charge >= 0.3 is 0 Å². The molecule has 40 heavy (non-hydrogen) atoms. The highest BCUT2D eigenvalue weighted by molar-refractivity contribution is 6.22. The first-order valence-electron chi connectivity index (χ1n) is 12.4. The standard InChI is InChI=1S/C25H26BFN4O9/c26-23(35)19-13(22(34)31(23)17-7-8-18(32)28-21(17)33)3-1-6-16(19)29-24(36,37)14-4-2-5-15(20(14)27)25(38,39)30-9-11-40-12-10-30/h1-6,17,29,35-39H,7-12H2,(H,28,32,33). The Hall–Kier alpha value is -3.44. The Kier molecular flexibility index (Phi) is 6.95. The molecule has 0 aliphatic carbocycles. The molecule has 5 rings (SSSR count). The van der Waals surface area contributed by atoms with Gasteiger partial charge in [0.15, 0.2) is 7.85 Å². The molecule has 0 aromatic heterocycles. The van der Waals surface area contributed by atoms with Crippen LogP contribution in [0.15, 0.2) is 36.4 Å². The number of anilines is 1. The molecule has 15 heteroatoms. The van der Waals surface area contributed by atoms with Gasteiger partial charge in [-0.2, -0.15) is 0 Å². The molecule has 2 atom stereocenters. The highest BCUT2D eigenvalue weighted by Gasteiger charge is 2.52. The number of carbonyl (C=O) groups is 3. The van der Waals surface area contributed by atoms with Crippen LogP contribution >= 0.6 is 0 Å². The third kappa shape index (κ3) is 4.54. The molecule has 2 aromatic carbocycles. The van der Waals surface area contributed by atoms with Gasteiger partial charge in [0.25, 0.3) is 17.7 Å². The summed E-state index contributed by atoms with van der Waals surface area (Å²) in [5.74, 6) is -9.63. The summed E-state index contributed by atoms with van der Waals surface area (Å²) in [5, 5.41) is 59.0. The molecule has 0 bridgehead atoms. The molecular formula is C25H26BFN4O9. The van der Waals surface area contributed by atoms with E-state index in [1.165, 1.54) is 24.3 Å². The third-order valence-electron chi connectivity index (χ3n) is 7.27. The normalized spacial score (nSPS) is 24.2. The van der Waals surface area contributed by atoms with Crippen LogP contribution in [0.4, 0.5) is 10.1 Å². The van der Waals surface area contributed by atoms with E-state index in [1.54, 1.807) is 0 Å². The van der Waals surface area contributed by atoms with Crippen molar-refractivity contribution in [2.45, 2.75) is 36.3 Å². The van der Waals surface area contributed by atoms with Crippen LogP contribution in [0.2, 0.25) is 0 Å². The van der Waals surface area contributed by atoms with Crippen molar-refractivity contribution >= 4 is 31.3 Å². The zero-order valence-electron chi connectivity index (χ0n) is 21.0. The average Bonchev–Trinajstić information content (AvgIpc) is 3.10. The van der Waals surface area contributed by atoms with Crippen LogP contribution < -0.4 is 10.6 Å². The lowest BCUT2D eigenvalue weighted by Crippen LogP contribution is -2.59. The van der Waals surface area contributed by atoms with Crippen molar-refractivity contribution in [2.24, 2.45) is 0 Å². The highest BCUT2D eigenvalue weighted by Crippen LogP contribution is 2.43. The first-order valence-corrected chi connectivity index (χ1v) is 12.4. The Morgan fingerprint density at radius 2 is 1.70 bits per heavy atom. The van der Waals surface area contributed by atoms with Gasteiger partial charge in [-0.3, -0.25) is 19.7 Å². The van der Waals surface area contributed by atoms with E-state index in [2.05, 4.69) is 10.6 Å². The van der Waals surface area contributed by atoms with Gasteiger partial charge in [-0.15, -0.1) is 0 Å². The van der Waals surface area contributed by atoms with E-state index in [0.717, 1.165) is 17.0 Å². The fourth-order valence-corrected chi connectivity index (χ4v) is 5.30. The molecule has 2 saturated heterocycles. The molecule has 13 nitrogen and oxygen atoms in total. The maximum Gasteiger partial charge on any atom is 0.275 e. The second-order valence-corrected chi connectivity index (χ2v) is 9.80. The Morgan fingerprint density at radius 1 is 1.05 bits per heavy atom. The molecule has 3 aliphatic rings. The Balaban J connectivity index is 1.49. The van der Waals surface area contributed by atoms with E-state index in [1.807, 2.05) is 0 Å². The quantitative estimate of drug-likeness (QED) is 0.118. The van der Waals surface area contributed by atoms with E-state index in [0.29, 0.717) is 4.90 Å². The van der Waals surface area contributed by atoms with E-state index < -0.39 is 58.2 Å². The fraction of sp³-hybridized carbons (Fsp3) is 0.400. The number of ether oxygens (including phenoxy) is 1. The van der Waals surface area contributed by atoms with Crippen LogP contribution in [0.5, 0.6) is 0 Å². The average molecular weight is 556 g/mol. The van der Waals surface area contributed by atoms with Crippen molar-refractivity contribution in [3.63, 3.8) is 0 Å². The molecule has 2 fully saturated rings. The molecule has 7 N–H and O–H groups in total. The van der Waals surface area contributed by atoms with Crippen molar-refractivity contribution < 1.29 is 49.0 Å². The number of halogens is 1. The minimum Gasteiger partial charge on any atom is -0.379 e. The SMILES string of the molecule is [B]C1(O)c2c(NC(O)(O)c3cccc(C(O)(O)N4CCOCC4)c3F)cccc2C(=O)N1C1CCC(=O)NC1=O. The number of piperidine rings is 1. The predicted molar refractivity (Wildman–Crippen MR) is 133 cm³/mol. The molecule has 2 unspecified atom stereocenters. The number of fused-ring (bicyclic) bond motifs is 1. The third-order valence-corrected chi connectivity index (χ3v) is 7.27. The summed E-state index contributed by atoms with van der Waals surface area (Å²) < 4.78 is 20.8. The number of nitrogens with one attached hydrogen (secondary N) is 2. The van der Waals surface area contributed by atoms with Gasteiger partial charge in [0.05, 0.1) is 24.3 Å². The number of amides is 3. The van der Waals surface area contributed by atoms with Crippen molar-refractivity contribution in [3.8, 4) is 0 Å². The molecular weight excluding hydrogens is 530 g/mol. The maximum absolute atomic E-state index is 15.6. The van der Waals surface area contributed by atoms with Crippen LogP contribution in [0.25, 0.3) is 0 Å². The first kappa shape index (κ1) is 28.1. The topological polar surface area (TPSA) is 192 Å². The van der Waals surface area contributed by atoms with E-state index in [9.17, 15) is 39.9 Å². The number of carbonyl (C=O) groups excluding carboxylic acids is 3. The van der Waals surface area contributed by atoms with Crippen molar-refractivity contribution in [3.05, 3.63) is 64.5 Å². The Bertz CT molecular complexity index is 1380. The summed E-state index contributed by atoms with van der Waals surface area (Å²) in [6.07, 6.45) is -0.215. The summed E-state index contributed by atoms with van der Waals surface area (Å²) in [5.41, 5.74) is -4.92. The fourth-order valence-electron chi connectivity index (χ4n) is 5.30. The number of benzene rings is 2. The van der Waals surface area contributed by atoms with Crippen LogP contribution in [0, 0.1) is 5.82 Å². The summed E-state index contributed by atoms with van der Waals surface area (Å²) in [4.78, 5) is 39.1. The Labute approximate surface area is 228 Å². The predicted octanol–water partition coefficient (Wildman–Crippen LogP) is -2.01. The minimum atomic E-state index is -3.22. The molecule has 3 aliphatic heterocycles. The van der Waals surface area contributed by atoms with Crippen LogP contribution in [0.1, 0.15) is 39.9 Å². The number of morpholine rings is 1. The number of aliphatic hydroxyl groups is 5. The summed E-state index contributed by atoms with van der Waals surface area (Å²) in [6, 6.07) is 5.79. The molecule has 2 radical (unpaired) electrons. The summed E-state index contributed by atoms with van der Waals surface area (Å²) in [7, 11) is 6.14. The number of imide groups is 1. The number of hydrogen-bond donors (Lipinski definition) is 7. The maximum atomic E-state index is 15.6. The lowest BCUT2D eigenvalue weighted by molar-refractivity contribution is -0.288. The van der Waals surface area contributed by atoms with Crippen LogP contribution in [-0.2, 0) is 31.8 Å². The van der Waals surface area contributed by atoms with Gasteiger partial charge in [0, 0.05) is 36.3 Å². The van der Waals surface area contributed by atoms with Gasteiger partial charge in [-0.25, -0.2) is 9.29 Å². The smallest absolute Gasteiger partial charge is 0.275 e. The van der Waals surface area contributed by atoms with Crippen molar-refractivity contribution in [2.75, 3.05) is 31.6 Å². The first-order chi connectivity index (χ1) is 18.8. The highest BCUT2D eigenvalue weighted by atomic mass is 19.1. The van der Waals surface area contributed by atoms with Crippen molar-refractivity contribution in [1.82, 2.24) is 15.1 Å². The molecule has 0 spiro atoms. The molecule has 0 saturated carbocycles. The van der Waals surface area contributed by atoms with Gasteiger partial charge in [0.2, 0.25) is 11.8 Å². The second kappa shape index (κ2) is 9.88. The number of hydrogen-bond acceptors (Lipinski definition) is 11. The van der Waals surface area contributed by atoms with Crippen molar-refractivity contribution in [1.29, 1.82) is 0 Å². The van der Waals surface area contributed by atoms with Gasteiger partial charge in [-0.1, -0.05) is 12.1 Å². The van der Waals surface area contributed by atoms with E-state index in [4.69, 9.17) is 12.6 Å². The zero-order chi connectivity index (χ0) is 29.0. The summed E-state index contributed by atoms with van der Waals surface area (Å²) >= 11 is 0. The minimum absolute atomic E-state index is 0.0707. The summed E-state index contributed by atoms with van der Waals surface area (Å²) in [6.45, 7) is 0.485. The molecule has 3 heterocycles. The second-order valence-electron chi connectivity index (χ2n) is 9.80. The van der Waals surface area contributed by atoms with Gasteiger partial charge in [-0.05, 0) is 30.7 Å². The van der Waals surface area contributed by atoms with Gasteiger partial charge < -0.3 is 40.5 Å². The molecule has 2 aromatic rings. The van der Waals surface area contributed by atoms with Gasteiger partial charge in [0.1, 0.15) is 17.5 Å². The zero-order valence-corrected chi connectivity index (χ0v) is 21.0. The molecule has 3 amide bonds. The van der Waals surface area contributed by atoms with E-state index >= 15 is 4.39 Å². The monoisotopic (exact) mass is 556 g/mol.